The number of ketones is 1. The smallest absolute Gasteiger partial charge is 0.295 e. The maximum Gasteiger partial charge on any atom is 0.295 e. The number of carbonyl (C=O) groups is 2. The van der Waals surface area contributed by atoms with Crippen LogP contribution in [0.1, 0.15) is 87.6 Å². The molecule has 0 aromatic heterocycles. The summed E-state index contributed by atoms with van der Waals surface area (Å²) >= 11 is 0. The van der Waals surface area contributed by atoms with E-state index in [1.54, 1.807) is 11.0 Å². The first-order chi connectivity index (χ1) is 17.2. The van der Waals surface area contributed by atoms with Crippen molar-refractivity contribution >= 4 is 17.4 Å². The van der Waals surface area contributed by atoms with Gasteiger partial charge in [0, 0.05) is 18.7 Å². The van der Waals surface area contributed by atoms with Gasteiger partial charge in [-0.15, -0.1) is 0 Å². The highest BCUT2D eigenvalue weighted by molar-refractivity contribution is 6.46. The number of aliphatic hydroxyl groups excluding tert-OH is 1. The van der Waals surface area contributed by atoms with Gasteiger partial charge < -0.3 is 19.5 Å². The lowest BCUT2D eigenvalue weighted by Gasteiger charge is -2.27. The zero-order valence-corrected chi connectivity index (χ0v) is 21.9. The fraction of sp³-hybridized carbons (Fsp3) is 0.467. The van der Waals surface area contributed by atoms with Crippen molar-refractivity contribution in [2.75, 3.05) is 19.8 Å². The van der Waals surface area contributed by atoms with Crippen LogP contribution >= 0.6 is 0 Å². The fourth-order valence-corrected chi connectivity index (χ4v) is 5.08. The molecule has 0 aliphatic carbocycles. The molecule has 2 aliphatic rings. The molecule has 0 radical (unpaired) electrons. The topological polar surface area (TPSA) is 76.1 Å². The molecule has 4 rings (SSSR count). The van der Waals surface area contributed by atoms with E-state index < -0.39 is 17.7 Å². The van der Waals surface area contributed by atoms with E-state index in [4.69, 9.17) is 9.47 Å². The first-order valence-corrected chi connectivity index (χ1v) is 13.0. The predicted octanol–water partition coefficient (Wildman–Crippen LogP) is 5.93. The second kappa shape index (κ2) is 10.9. The van der Waals surface area contributed by atoms with Gasteiger partial charge in [0.05, 0.1) is 24.3 Å². The van der Waals surface area contributed by atoms with Gasteiger partial charge in [-0.25, -0.2) is 0 Å². The number of nitrogens with zero attached hydrogens (tertiary/aromatic N) is 1. The maximum atomic E-state index is 13.4. The molecular weight excluding hydrogens is 454 g/mol. The normalized spacial score (nSPS) is 21.7. The molecule has 1 amide bonds. The van der Waals surface area contributed by atoms with Crippen molar-refractivity contribution < 1.29 is 24.2 Å². The molecule has 6 nitrogen and oxygen atoms in total. The van der Waals surface area contributed by atoms with Crippen LogP contribution in [0.25, 0.3) is 5.76 Å². The summed E-state index contributed by atoms with van der Waals surface area (Å²) in [5.74, 6) is -0.158. The van der Waals surface area contributed by atoms with Gasteiger partial charge in [-0.3, -0.25) is 9.59 Å². The number of benzene rings is 2. The molecule has 192 valence electrons. The molecule has 0 spiro atoms. The molecule has 2 atom stereocenters. The highest BCUT2D eigenvalue weighted by atomic mass is 16.5. The number of hydrogen-bond acceptors (Lipinski definition) is 5. The highest BCUT2D eigenvalue weighted by Crippen LogP contribution is 2.41. The van der Waals surface area contributed by atoms with Crippen molar-refractivity contribution in [3.05, 3.63) is 70.3 Å². The third-order valence-corrected chi connectivity index (χ3v) is 7.09. The van der Waals surface area contributed by atoms with E-state index in [1.807, 2.05) is 43.3 Å². The zero-order chi connectivity index (χ0) is 26.0. The van der Waals surface area contributed by atoms with Crippen molar-refractivity contribution in [1.29, 1.82) is 0 Å². The summed E-state index contributed by atoms with van der Waals surface area (Å²) in [5.41, 5.74) is 3.53. The average Bonchev–Trinajstić information content (AvgIpc) is 3.46. The lowest BCUT2D eigenvalue weighted by Crippen LogP contribution is -2.36. The minimum atomic E-state index is -0.676. The molecule has 2 aromatic rings. The molecule has 2 saturated heterocycles. The van der Waals surface area contributed by atoms with Crippen LogP contribution in [0.2, 0.25) is 0 Å². The second-order valence-corrected chi connectivity index (χ2v) is 10.2. The third-order valence-electron chi connectivity index (χ3n) is 7.09. The molecule has 2 heterocycles. The van der Waals surface area contributed by atoms with Gasteiger partial charge in [-0.1, -0.05) is 52.0 Å². The van der Waals surface area contributed by atoms with Crippen molar-refractivity contribution in [3.63, 3.8) is 0 Å². The lowest BCUT2D eigenvalue weighted by molar-refractivity contribution is -0.140. The Kier molecular flexibility index (Phi) is 7.84. The molecule has 2 unspecified atom stereocenters. The number of ether oxygens (including phenoxy) is 2. The van der Waals surface area contributed by atoms with Gasteiger partial charge in [0.2, 0.25) is 0 Å². The summed E-state index contributed by atoms with van der Waals surface area (Å²) in [6.45, 7) is 11.8. The van der Waals surface area contributed by atoms with Crippen molar-refractivity contribution in [2.45, 2.75) is 71.4 Å². The number of aliphatic hydroxyl groups is 1. The van der Waals surface area contributed by atoms with Crippen LogP contribution in [0, 0.1) is 0 Å². The Morgan fingerprint density at radius 3 is 2.39 bits per heavy atom. The van der Waals surface area contributed by atoms with Gasteiger partial charge in [0.1, 0.15) is 11.5 Å². The van der Waals surface area contributed by atoms with Gasteiger partial charge in [0.25, 0.3) is 11.7 Å². The van der Waals surface area contributed by atoms with Crippen LogP contribution in [-0.2, 0) is 14.3 Å². The SMILES string of the molecule is CCOc1ccc(/C(O)=C2/C(=O)C(=O)N(CC3CCCO3)C2c2ccc(C(C)C)cc2)cc1C(C)C. The van der Waals surface area contributed by atoms with E-state index in [-0.39, 0.29) is 23.4 Å². The summed E-state index contributed by atoms with van der Waals surface area (Å²) in [4.78, 5) is 28.2. The minimum absolute atomic E-state index is 0.112. The predicted molar refractivity (Wildman–Crippen MR) is 140 cm³/mol. The Balaban J connectivity index is 1.83. The Morgan fingerprint density at radius 1 is 1.08 bits per heavy atom. The van der Waals surface area contributed by atoms with Crippen molar-refractivity contribution in [1.82, 2.24) is 4.90 Å². The van der Waals surface area contributed by atoms with E-state index in [9.17, 15) is 14.7 Å². The minimum Gasteiger partial charge on any atom is -0.507 e. The molecule has 2 aliphatic heterocycles. The number of carbonyl (C=O) groups excluding carboxylic acids is 2. The standard InChI is InChI=1S/C30H37NO5/c1-6-35-25-14-13-22(16-24(25)19(4)5)28(32)26-27(21-11-9-20(10-12-21)18(2)3)31(30(34)29(26)33)17-23-8-7-15-36-23/h9-14,16,18-19,23,27,32H,6-8,15,17H2,1-5H3/b28-26-. The van der Waals surface area contributed by atoms with Crippen LogP contribution in [0.15, 0.2) is 48.0 Å². The van der Waals surface area contributed by atoms with E-state index in [1.165, 1.54) is 5.56 Å². The first kappa shape index (κ1) is 26.0. The van der Waals surface area contributed by atoms with Gasteiger partial charge in [0.15, 0.2) is 0 Å². The van der Waals surface area contributed by atoms with E-state index in [0.717, 1.165) is 29.7 Å². The van der Waals surface area contributed by atoms with Crippen LogP contribution in [-0.4, -0.2) is 47.6 Å². The van der Waals surface area contributed by atoms with Gasteiger partial charge >= 0.3 is 0 Å². The maximum absolute atomic E-state index is 13.4. The van der Waals surface area contributed by atoms with E-state index in [0.29, 0.717) is 31.2 Å². The van der Waals surface area contributed by atoms with Crippen LogP contribution in [0.4, 0.5) is 0 Å². The number of amides is 1. The third kappa shape index (κ3) is 5.05. The molecule has 0 bridgehead atoms. The highest BCUT2D eigenvalue weighted by Gasteiger charge is 2.47. The van der Waals surface area contributed by atoms with Crippen LogP contribution < -0.4 is 4.74 Å². The lowest BCUT2D eigenvalue weighted by atomic mass is 9.92. The molecule has 0 saturated carbocycles. The molecule has 2 aromatic carbocycles. The van der Waals surface area contributed by atoms with E-state index >= 15 is 0 Å². The van der Waals surface area contributed by atoms with Gasteiger partial charge in [-0.2, -0.15) is 0 Å². The van der Waals surface area contributed by atoms with E-state index in [2.05, 4.69) is 27.7 Å². The number of rotatable bonds is 8. The number of Topliss-reactive ketones (excluding diaryl/α,β-unsaturated/α-hetero) is 1. The van der Waals surface area contributed by atoms with Crippen LogP contribution in [0.3, 0.4) is 0 Å². The second-order valence-electron chi connectivity index (χ2n) is 10.2. The summed E-state index contributed by atoms with van der Waals surface area (Å²) in [7, 11) is 0. The average molecular weight is 492 g/mol. The monoisotopic (exact) mass is 491 g/mol. The molecule has 2 fully saturated rings. The molecule has 1 N–H and O–H groups in total. The molecule has 36 heavy (non-hydrogen) atoms. The molecule has 6 heteroatoms. The Morgan fingerprint density at radius 2 is 1.81 bits per heavy atom. The summed E-state index contributed by atoms with van der Waals surface area (Å²) in [5, 5.41) is 11.5. The summed E-state index contributed by atoms with van der Waals surface area (Å²) in [6.07, 6.45) is 1.67. The van der Waals surface area contributed by atoms with Crippen molar-refractivity contribution in [3.8, 4) is 5.75 Å². The van der Waals surface area contributed by atoms with Crippen molar-refractivity contribution in [2.24, 2.45) is 0 Å². The number of hydrogen-bond donors (Lipinski definition) is 1. The summed E-state index contributed by atoms with van der Waals surface area (Å²) in [6, 6.07) is 12.7. The summed E-state index contributed by atoms with van der Waals surface area (Å²) < 4.78 is 11.6. The first-order valence-electron chi connectivity index (χ1n) is 13.0. The zero-order valence-electron chi connectivity index (χ0n) is 21.9. The number of likely N-dealkylation sites (tertiary alicyclic amines) is 1. The Bertz CT molecular complexity index is 1140. The van der Waals surface area contributed by atoms with Crippen LogP contribution in [0.5, 0.6) is 5.75 Å². The Hall–Kier alpha value is -3.12. The van der Waals surface area contributed by atoms with Gasteiger partial charge in [-0.05, 0) is 66.5 Å². The quantitative estimate of drug-likeness (QED) is 0.281. The fourth-order valence-electron chi connectivity index (χ4n) is 5.08. The molecular formula is C30H37NO5. The Labute approximate surface area is 213 Å². The largest absolute Gasteiger partial charge is 0.507 e.